The number of halogens is 2. The molecule has 0 N–H and O–H groups in total. The standard InChI is InChI=1S/C23H17F2N5O/c1-28-8-7-15-9-14(3-6-20(15)28)21-11-27-22-12-26-19(13-30(21)22)23(31)29(2)16-4-5-17(24)18(25)10-16/h3-13H,1-2H3. The molecule has 0 radical (unpaired) electrons. The second kappa shape index (κ2) is 7.02. The highest BCUT2D eigenvalue weighted by molar-refractivity contribution is 6.04. The van der Waals surface area contributed by atoms with Crippen molar-refractivity contribution in [2.24, 2.45) is 7.05 Å². The van der Waals surface area contributed by atoms with Crippen molar-refractivity contribution in [2.45, 2.75) is 0 Å². The number of nitrogens with zero attached hydrogens (tertiary/aromatic N) is 5. The van der Waals surface area contributed by atoms with Crippen molar-refractivity contribution in [1.29, 1.82) is 0 Å². The average molecular weight is 417 g/mol. The molecule has 0 aliphatic rings. The highest BCUT2D eigenvalue weighted by Gasteiger charge is 2.18. The minimum atomic E-state index is -1.02. The van der Waals surface area contributed by atoms with Crippen LogP contribution in [0.4, 0.5) is 14.5 Å². The molecule has 3 aromatic heterocycles. The Kier molecular flexibility index (Phi) is 4.28. The van der Waals surface area contributed by atoms with Gasteiger partial charge in [0.15, 0.2) is 17.3 Å². The summed E-state index contributed by atoms with van der Waals surface area (Å²) in [5, 5.41) is 1.10. The van der Waals surface area contributed by atoms with Crippen LogP contribution in [0.1, 0.15) is 10.5 Å². The van der Waals surface area contributed by atoms with Crippen molar-refractivity contribution >= 4 is 28.1 Å². The van der Waals surface area contributed by atoms with Gasteiger partial charge in [-0.15, -0.1) is 0 Å². The zero-order valence-corrected chi connectivity index (χ0v) is 16.8. The summed E-state index contributed by atoms with van der Waals surface area (Å²) in [6, 6.07) is 11.4. The van der Waals surface area contributed by atoms with Crippen LogP contribution in [0, 0.1) is 11.6 Å². The molecule has 8 heteroatoms. The molecule has 0 spiro atoms. The summed E-state index contributed by atoms with van der Waals surface area (Å²) in [6.45, 7) is 0. The number of anilines is 1. The van der Waals surface area contributed by atoms with Crippen LogP contribution in [0.2, 0.25) is 0 Å². The summed E-state index contributed by atoms with van der Waals surface area (Å²) in [5.74, 6) is -2.44. The van der Waals surface area contributed by atoms with Gasteiger partial charge in [0.1, 0.15) is 5.69 Å². The molecule has 0 atom stereocenters. The Labute approximate surface area is 176 Å². The number of imidazole rings is 1. The van der Waals surface area contributed by atoms with Gasteiger partial charge in [0, 0.05) is 54.7 Å². The van der Waals surface area contributed by atoms with E-state index in [1.165, 1.54) is 24.2 Å². The zero-order chi connectivity index (χ0) is 21.7. The van der Waals surface area contributed by atoms with Crippen molar-refractivity contribution < 1.29 is 13.6 Å². The molecular weight excluding hydrogens is 400 g/mol. The van der Waals surface area contributed by atoms with Crippen molar-refractivity contribution in [3.63, 3.8) is 0 Å². The first kappa shape index (κ1) is 18.9. The molecule has 2 aromatic carbocycles. The van der Waals surface area contributed by atoms with Crippen molar-refractivity contribution in [3.8, 4) is 11.3 Å². The van der Waals surface area contributed by atoms with Gasteiger partial charge in [-0.05, 0) is 30.3 Å². The Hall–Kier alpha value is -4.07. The first-order chi connectivity index (χ1) is 14.9. The van der Waals surface area contributed by atoms with Crippen LogP contribution in [0.25, 0.3) is 27.8 Å². The summed E-state index contributed by atoms with van der Waals surface area (Å²) >= 11 is 0. The van der Waals surface area contributed by atoms with E-state index in [0.29, 0.717) is 5.65 Å². The van der Waals surface area contributed by atoms with Crippen molar-refractivity contribution in [1.82, 2.24) is 18.9 Å². The Balaban J connectivity index is 1.54. The lowest BCUT2D eigenvalue weighted by Gasteiger charge is -2.17. The van der Waals surface area contributed by atoms with Gasteiger partial charge < -0.3 is 9.47 Å². The van der Waals surface area contributed by atoms with Crippen molar-refractivity contribution in [3.05, 3.63) is 84.6 Å². The van der Waals surface area contributed by atoms with Crippen LogP contribution in [0.15, 0.2) is 67.3 Å². The number of amides is 1. The second-order valence-electron chi connectivity index (χ2n) is 7.31. The molecule has 0 saturated carbocycles. The fourth-order valence-electron chi connectivity index (χ4n) is 3.64. The van der Waals surface area contributed by atoms with Crippen LogP contribution in [-0.4, -0.2) is 31.9 Å². The lowest BCUT2D eigenvalue weighted by Crippen LogP contribution is -2.27. The Morgan fingerprint density at radius 3 is 2.65 bits per heavy atom. The quantitative estimate of drug-likeness (QED) is 0.436. The molecule has 0 aliphatic heterocycles. The topological polar surface area (TPSA) is 55.4 Å². The average Bonchev–Trinajstić information content (AvgIpc) is 3.37. The van der Waals surface area contributed by atoms with Crippen molar-refractivity contribution in [2.75, 3.05) is 11.9 Å². The summed E-state index contributed by atoms with van der Waals surface area (Å²) in [6.07, 6.45) is 6.84. The lowest BCUT2D eigenvalue weighted by atomic mass is 10.1. The van der Waals surface area contributed by atoms with Gasteiger partial charge >= 0.3 is 0 Å². The van der Waals surface area contributed by atoms with Crippen LogP contribution in [0.5, 0.6) is 0 Å². The molecule has 31 heavy (non-hydrogen) atoms. The molecule has 154 valence electrons. The van der Waals surface area contributed by atoms with E-state index in [0.717, 1.165) is 34.3 Å². The maximum atomic E-state index is 13.6. The minimum Gasteiger partial charge on any atom is -0.351 e. The van der Waals surface area contributed by atoms with E-state index in [2.05, 4.69) is 16.0 Å². The number of rotatable bonds is 3. The fraction of sp³-hybridized carbons (Fsp3) is 0.0870. The van der Waals surface area contributed by atoms with E-state index < -0.39 is 17.5 Å². The van der Waals surface area contributed by atoms with Crippen LogP contribution < -0.4 is 4.90 Å². The van der Waals surface area contributed by atoms with Crippen LogP contribution >= 0.6 is 0 Å². The van der Waals surface area contributed by atoms with E-state index in [1.54, 1.807) is 16.8 Å². The fourth-order valence-corrected chi connectivity index (χ4v) is 3.64. The SMILES string of the molecule is CN(C(=O)c1cn2c(-c3ccc4c(ccn4C)c3)cnc2cn1)c1ccc(F)c(F)c1. The first-order valence-corrected chi connectivity index (χ1v) is 9.54. The van der Waals surface area contributed by atoms with E-state index in [9.17, 15) is 13.6 Å². The smallest absolute Gasteiger partial charge is 0.278 e. The summed E-state index contributed by atoms with van der Waals surface area (Å²) < 4.78 is 30.6. The van der Waals surface area contributed by atoms with Gasteiger partial charge in [-0.3, -0.25) is 9.20 Å². The predicted molar refractivity (Wildman–Crippen MR) is 114 cm³/mol. The van der Waals surface area contributed by atoms with E-state index in [1.807, 2.05) is 36.0 Å². The zero-order valence-electron chi connectivity index (χ0n) is 16.8. The third-order valence-electron chi connectivity index (χ3n) is 5.39. The summed E-state index contributed by atoms with van der Waals surface area (Å²) in [4.78, 5) is 22.8. The molecule has 0 fully saturated rings. The van der Waals surface area contributed by atoms with Gasteiger partial charge in [-0.25, -0.2) is 18.7 Å². The Morgan fingerprint density at radius 2 is 1.84 bits per heavy atom. The summed E-state index contributed by atoms with van der Waals surface area (Å²) in [5.41, 5.74) is 3.85. The number of benzene rings is 2. The normalized spacial score (nSPS) is 11.4. The Bertz CT molecular complexity index is 1470. The molecule has 0 aliphatic carbocycles. The maximum Gasteiger partial charge on any atom is 0.278 e. The van der Waals surface area contributed by atoms with Gasteiger partial charge in [-0.2, -0.15) is 0 Å². The third-order valence-corrected chi connectivity index (χ3v) is 5.39. The van der Waals surface area contributed by atoms with E-state index in [4.69, 9.17) is 0 Å². The Morgan fingerprint density at radius 1 is 1.00 bits per heavy atom. The molecule has 3 heterocycles. The molecule has 5 rings (SSSR count). The number of hydrogen-bond donors (Lipinski definition) is 0. The van der Waals surface area contributed by atoms with Gasteiger partial charge in [0.05, 0.1) is 18.1 Å². The molecule has 5 aromatic rings. The van der Waals surface area contributed by atoms with Gasteiger partial charge in [-0.1, -0.05) is 6.07 Å². The second-order valence-corrected chi connectivity index (χ2v) is 7.31. The molecule has 0 saturated heterocycles. The number of carbonyl (C=O) groups is 1. The minimum absolute atomic E-state index is 0.153. The molecule has 0 bridgehead atoms. The van der Waals surface area contributed by atoms with E-state index >= 15 is 0 Å². The number of hydrogen-bond acceptors (Lipinski definition) is 3. The molecule has 6 nitrogen and oxygen atoms in total. The van der Waals surface area contributed by atoms with Gasteiger partial charge in [0.25, 0.3) is 5.91 Å². The predicted octanol–water partition coefficient (Wildman–Crippen LogP) is 4.44. The monoisotopic (exact) mass is 417 g/mol. The first-order valence-electron chi connectivity index (χ1n) is 9.54. The maximum absolute atomic E-state index is 13.6. The highest BCUT2D eigenvalue weighted by Crippen LogP contribution is 2.26. The van der Waals surface area contributed by atoms with Gasteiger partial charge in [0.2, 0.25) is 0 Å². The molecule has 1 amide bonds. The number of carbonyl (C=O) groups excluding carboxylic acids is 1. The summed E-state index contributed by atoms with van der Waals surface area (Å²) in [7, 11) is 3.47. The largest absolute Gasteiger partial charge is 0.351 e. The molecule has 0 unspecified atom stereocenters. The lowest BCUT2D eigenvalue weighted by molar-refractivity contribution is 0.0987. The highest BCUT2D eigenvalue weighted by atomic mass is 19.2. The number of fused-ring (bicyclic) bond motifs is 2. The third kappa shape index (κ3) is 3.13. The van der Waals surface area contributed by atoms with Crippen LogP contribution in [-0.2, 0) is 7.05 Å². The van der Waals surface area contributed by atoms with E-state index in [-0.39, 0.29) is 11.4 Å². The number of aromatic nitrogens is 4. The number of aryl methyl sites for hydroxylation is 1. The van der Waals surface area contributed by atoms with Crippen LogP contribution in [0.3, 0.4) is 0 Å². The molecular formula is C23H17F2N5O.